The first-order chi connectivity index (χ1) is 15.6. The van der Waals surface area contributed by atoms with Crippen molar-refractivity contribution in [2.45, 2.75) is 32.0 Å². The summed E-state index contributed by atoms with van der Waals surface area (Å²) >= 11 is 5.81. The molecule has 3 aromatic rings. The van der Waals surface area contributed by atoms with E-state index >= 15 is 0 Å². The van der Waals surface area contributed by atoms with Crippen LogP contribution in [0.25, 0.3) is 0 Å². The number of aromatic nitrogens is 2. The lowest BCUT2D eigenvalue weighted by molar-refractivity contribution is 0.189. The number of hydrogen-bond acceptors (Lipinski definition) is 7. The van der Waals surface area contributed by atoms with Crippen LogP contribution < -0.4 is 10.6 Å². The van der Waals surface area contributed by atoms with Gasteiger partial charge >= 0.3 is 0 Å². The molecule has 1 aliphatic heterocycles. The van der Waals surface area contributed by atoms with Crippen molar-refractivity contribution in [1.82, 2.24) is 20.5 Å². The summed E-state index contributed by atoms with van der Waals surface area (Å²) in [6.07, 6.45) is 2.03. The summed E-state index contributed by atoms with van der Waals surface area (Å²) in [6.45, 7) is 3.38. The summed E-state index contributed by atoms with van der Waals surface area (Å²) in [5.41, 5.74) is 2.53. The van der Waals surface area contributed by atoms with E-state index in [1.807, 2.05) is 6.07 Å². The monoisotopic (exact) mass is 458 g/mol. The highest BCUT2D eigenvalue weighted by molar-refractivity contribution is 6.31. The summed E-state index contributed by atoms with van der Waals surface area (Å²) in [4.78, 5) is 2.45. The Labute approximate surface area is 190 Å². The molecular weight excluding hydrogens is 435 g/mol. The molecule has 1 aromatic heterocycles. The van der Waals surface area contributed by atoms with E-state index in [9.17, 15) is 9.60 Å². The molecule has 10 heteroatoms. The molecule has 0 radical (unpaired) electrons. The highest BCUT2D eigenvalue weighted by Crippen LogP contribution is 2.20. The zero-order valence-electron chi connectivity index (χ0n) is 17.3. The van der Waals surface area contributed by atoms with Crippen LogP contribution in [0.5, 0.6) is 0 Å². The quantitative estimate of drug-likeness (QED) is 0.214. The largest absolute Gasteiger partial charge is 0.409 e. The number of halogens is 2. The standard InChI is InChI=1S/C22H24ClFN6O2/c23-18-12-17(6-7-19(18)24)26-22(27-31)21-20(28-32-29-21)13-25-16-8-10-30(11-9-16)14-15-4-2-1-3-5-15/h1-7,12,16,25,31H,8-11,13-14H2,(H,26,27). The van der Waals surface area contributed by atoms with Gasteiger partial charge in [-0.15, -0.1) is 0 Å². The number of likely N-dealkylation sites (tertiary alicyclic amines) is 1. The van der Waals surface area contributed by atoms with E-state index < -0.39 is 5.82 Å². The van der Waals surface area contributed by atoms with Crippen molar-refractivity contribution in [2.75, 3.05) is 18.4 Å². The fraction of sp³-hybridized carbons (Fsp3) is 0.318. The Morgan fingerprint density at radius 2 is 1.97 bits per heavy atom. The number of nitrogens with zero attached hydrogens (tertiary/aromatic N) is 4. The zero-order chi connectivity index (χ0) is 22.3. The molecule has 0 saturated carbocycles. The van der Waals surface area contributed by atoms with E-state index in [-0.39, 0.29) is 16.6 Å². The maximum absolute atomic E-state index is 13.4. The van der Waals surface area contributed by atoms with E-state index in [1.54, 1.807) is 0 Å². The van der Waals surface area contributed by atoms with Crippen molar-refractivity contribution in [3.63, 3.8) is 0 Å². The minimum atomic E-state index is -0.539. The average Bonchev–Trinajstić information content (AvgIpc) is 3.28. The predicted octanol–water partition coefficient (Wildman–Crippen LogP) is 3.86. The maximum Gasteiger partial charge on any atom is 0.201 e. The molecule has 32 heavy (non-hydrogen) atoms. The van der Waals surface area contributed by atoms with Gasteiger partial charge in [0, 0.05) is 24.8 Å². The average molecular weight is 459 g/mol. The number of nitrogens with one attached hydrogen (secondary N) is 2. The minimum Gasteiger partial charge on any atom is -0.409 e. The Bertz CT molecular complexity index is 1050. The predicted molar refractivity (Wildman–Crippen MR) is 119 cm³/mol. The van der Waals surface area contributed by atoms with Crippen molar-refractivity contribution in [3.05, 3.63) is 76.3 Å². The third-order valence-corrected chi connectivity index (χ3v) is 5.75. The molecule has 1 saturated heterocycles. The third-order valence-electron chi connectivity index (χ3n) is 5.46. The Hall–Kier alpha value is -3.01. The highest BCUT2D eigenvalue weighted by Gasteiger charge is 2.22. The fourth-order valence-electron chi connectivity index (χ4n) is 3.72. The number of benzene rings is 2. The fourth-order valence-corrected chi connectivity index (χ4v) is 3.90. The first-order valence-corrected chi connectivity index (χ1v) is 10.8. The van der Waals surface area contributed by atoms with Crippen molar-refractivity contribution in [1.29, 1.82) is 0 Å². The lowest BCUT2D eigenvalue weighted by Gasteiger charge is -2.32. The van der Waals surface area contributed by atoms with Crippen molar-refractivity contribution in [3.8, 4) is 0 Å². The van der Waals surface area contributed by atoms with E-state index in [2.05, 4.69) is 55.3 Å². The summed E-state index contributed by atoms with van der Waals surface area (Å²) in [7, 11) is 0. The maximum atomic E-state index is 13.4. The Morgan fingerprint density at radius 3 is 2.69 bits per heavy atom. The van der Waals surface area contributed by atoms with Gasteiger partial charge in [-0.1, -0.05) is 52.2 Å². The van der Waals surface area contributed by atoms with Crippen LogP contribution in [0, 0.1) is 5.82 Å². The Balaban J connectivity index is 1.30. The summed E-state index contributed by atoms with van der Waals surface area (Å²) < 4.78 is 18.2. The Morgan fingerprint density at radius 1 is 1.19 bits per heavy atom. The SMILES string of the molecule is O/N=C(\Nc1ccc(F)c(Cl)c1)c1nonc1CNC1CCN(Cc2ccccc2)CC1. The van der Waals surface area contributed by atoms with Crippen molar-refractivity contribution in [2.24, 2.45) is 5.16 Å². The lowest BCUT2D eigenvalue weighted by atomic mass is 10.0. The Kier molecular flexibility index (Phi) is 7.31. The number of anilines is 1. The molecule has 0 bridgehead atoms. The zero-order valence-corrected chi connectivity index (χ0v) is 18.1. The number of piperidine rings is 1. The molecule has 2 aromatic carbocycles. The first kappa shape index (κ1) is 22.2. The normalized spacial score (nSPS) is 15.8. The van der Waals surface area contributed by atoms with Crippen LogP contribution in [0.15, 0.2) is 58.3 Å². The molecule has 2 heterocycles. The third kappa shape index (κ3) is 5.61. The van der Waals surface area contributed by atoms with Crippen LogP contribution in [0.4, 0.5) is 10.1 Å². The topological polar surface area (TPSA) is 98.8 Å². The van der Waals surface area contributed by atoms with Gasteiger partial charge in [-0.3, -0.25) is 4.90 Å². The summed E-state index contributed by atoms with van der Waals surface area (Å²) in [5, 5.41) is 26.8. The molecule has 3 N–H and O–H groups in total. The van der Waals surface area contributed by atoms with Crippen LogP contribution in [-0.2, 0) is 13.1 Å². The summed E-state index contributed by atoms with van der Waals surface area (Å²) in [6, 6.07) is 14.9. The lowest BCUT2D eigenvalue weighted by Crippen LogP contribution is -2.42. The molecule has 1 fully saturated rings. The van der Waals surface area contributed by atoms with Gasteiger partial charge in [0.1, 0.15) is 11.5 Å². The van der Waals surface area contributed by atoms with Crippen LogP contribution >= 0.6 is 11.6 Å². The van der Waals surface area contributed by atoms with E-state index in [1.165, 1.54) is 23.8 Å². The number of oxime groups is 1. The van der Waals surface area contributed by atoms with Crippen molar-refractivity contribution < 1.29 is 14.2 Å². The van der Waals surface area contributed by atoms with E-state index in [4.69, 9.17) is 16.2 Å². The molecule has 8 nitrogen and oxygen atoms in total. The van der Waals surface area contributed by atoms with Gasteiger partial charge in [0.25, 0.3) is 0 Å². The molecular formula is C22H24ClFN6O2. The second kappa shape index (κ2) is 10.5. The molecule has 0 amide bonds. The highest BCUT2D eigenvalue weighted by atomic mass is 35.5. The smallest absolute Gasteiger partial charge is 0.201 e. The van der Waals surface area contributed by atoms with Gasteiger partial charge in [0.05, 0.1) is 5.02 Å². The summed E-state index contributed by atoms with van der Waals surface area (Å²) in [5.74, 6) is -0.508. The van der Waals surface area contributed by atoms with Gasteiger partial charge < -0.3 is 15.8 Å². The molecule has 0 spiro atoms. The van der Waals surface area contributed by atoms with Crippen molar-refractivity contribution >= 4 is 23.1 Å². The molecule has 1 aliphatic rings. The van der Waals surface area contributed by atoms with Crippen LogP contribution in [0.2, 0.25) is 5.02 Å². The van der Waals surface area contributed by atoms with E-state index in [0.29, 0.717) is 24.0 Å². The molecule has 168 valence electrons. The number of amidine groups is 1. The first-order valence-electron chi connectivity index (χ1n) is 10.4. The van der Waals surface area contributed by atoms with Crippen LogP contribution in [-0.4, -0.2) is 45.4 Å². The molecule has 4 rings (SSSR count). The second-order valence-electron chi connectivity index (χ2n) is 7.68. The molecule has 0 unspecified atom stereocenters. The van der Waals surface area contributed by atoms with Gasteiger partial charge in [-0.05, 0) is 54.9 Å². The van der Waals surface area contributed by atoms with Gasteiger partial charge in [0.2, 0.25) is 5.84 Å². The van der Waals surface area contributed by atoms with E-state index in [0.717, 1.165) is 32.5 Å². The van der Waals surface area contributed by atoms with Gasteiger partial charge in [-0.2, -0.15) is 0 Å². The molecule has 0 atom stereocenters. The van der Waals surface area contributed by atoms with Crippen LogP contribution in [0.1, 0.15) is 29.8 Å². The van der Waals surface area contributed by atoms with Gasteiger partial charge in [-0.25, -0.2) is 9.02 Å². The number of hydrogen-bond donors (Lipinski definition) is 3. The number of rotatable bonds is 7. The molecule has 0 aliphatic carbocycles. The second-order valence-corrected chi connectivity index (χ2v) is 8.09. The minimum absolute atomic E-state index is 0.0309. The van der Waals surface area contributed by atoms with Gasteiger partial charge in [0.15, 0.2) is 5.69 Å². The van der Waals surface area contributed by atoms with Crippen LogP contribution in [0.3, 0.4) is 0 Å².